The van der Waals surface area contributed by atoms with Crippen molar-refractivity contribution >= 4 is 23.2 Å². The molecule has 248 valence electrons. The summed E-state index contributed by atoms with van der Waals surface area (Å²) in [6, 6.07) is 6.21. The molecule has 1 spiro atoms. The van der Waals surface area contributed by atoms with Crippen LogP contribution in [-0.4, -0.2) is 71.1 Å². The molecule has 2 aromatic rings. The molecule has 1 N–H and O–H groups in total. The summed E-state index contributed by atoms with van der Waals surface area (Å²) in [6.45, 7) is 4.00. The fourth-order valence-corrected chi connectivity index (χ4v) is 7.23. The minimum Gasteiger partial charge on any atom is -0.376 e. The molecule has 5 rings (SSSR count). The van der Waals surface area contributed by atoms with Gasteiger partial charge in [0.05, 0.1) is 22.1 Å². The second-order valence-corrected chi connectivity index (χ2v) is 12.5. The van der Waals surface area contributed by atoms with Crippen molar-refractivity contribution in [1.29, 1.82) is 0 Å². The molecule has 2 amide bonds. The van der Waals surface area contributed by atoms with Gasteiger partial charge in [-0.1, -0.05) is 0 Å². The van der Waals surface area contributed by atoms with Crippen molar-refractivity contribution in [2.45, 2.75) is 76.5 Å². The standard InChI is InChI=1S/C32H38F2N4O8/c1-2-45-29(20-3-7-23(8-4-20)35-30(39)21-5-9-24(33)26(17-21)37(41)42)28-19-32(13-16-46-28)11-14-36(15-12-32)31(40)22-6-10-25(34)27(18-22)38(43)44/h5-6,9-10,17-18,20,23,28-29H,2-4,7-8,11-16,19H2,1H3,(H,35,39). The first-order valence-electron chi connectivity index (χ1n) is 15.7. The number of halogens is 2. The van der Waals surface area contributed by atoms with Crippen LogP contribution < -0.4 is 5.32 Å². The van der Waals surface area contributed by atoms with Crippen LogP contribution in [0.2, 0.25) is 0 Å². The Morgan fingerprint density at radius 1 is 0.978 bits per heavy atom. The van der Waals surface area contributed by atoms with Gasteiger partial charge in [-0.2, -0.15) is 8.78 Å². The lowest BCUT2D eigenvalue weighted by Gasteiger charge is -2.49. The molecule has 2 heterocycles. The monoisotopic (exact) mass is 644 g/mol. The summed E-state index contributed by atoms with van der Waals surface area (Å²) < 4.78 is 40.1. The number of amides is 2. The molecule has 1 aliphatic carbocycles. The lowest BCUT2D eigenvalue weighted by molar-refractivity contribution is -0.387. The number of nitro groups is 2. The number of nitrogens with zero attached hydrogens (tertiary/aromatic N) is 3. The molecule has 2 aromatic carbocycles. The number of nitrogens with one attached hydrogen (secondary N) is 1. The quantitative estimate of drug-likeness (QED) is 0.274. The molecule has 46 heavy (non-hydrogen) atoms. The zero-order chi connectivity index (χ0) is 33.0. The highest BCUT2D eigenvalue weighted by Crippen LogP contribution is 2.45. The smallest absolute Gasteiger partial charge is 0.305 e. The van der Waals surface area contributed by atoms with Gasteiger partial charge in [0, 0.05) is 55.6 Å². The van der Waals surface area contributed by atoms with E-state index in [0.29, 0.717) is 39.1 Å². The minimum absolute atomic E-state index is 0.0349. The van der Waals surface area contributed by atoms with Gasteiger partial charge in [-0.3, -0.25) is 29.8 Å². The van der Waals surface area contributed by atoms with Gasteiger partial charge in [-0.05, 0) is 93.9 Å². The third-order valence-corrected chi connectivity index (χ3v) is 9.80. The third kappa shape index (κ3) is 7.33. The molecule has 0 bridgehead atoms. The Kier molecular flexibility index (Phi) is 10.3. The number of hydrogen-bond acceptors (Lipinski definition) is 8. The second kappa shape index (κ2) is 14.2. The molecular weight excluding hydrogens is 606 g/mol. The van der Waals surface area contributed by atoms with Crippen LogP contribution in [0.5, 0.6) is 0 Å². The average Bonchev–Trinajstić information content (AvgIpc) is 3.04. The van der Waals surface area contributed by atoms with Crippen LogP contribution in [0, 0.1) is 43.2 Å². The number of benzene rings is 2. The first kappa shape index (κ1) is 33.3. The molecule has 2 saturated heterocycles. The molecule has 3 aliphatic rings. The van der Waals surface area contributed by atoms with Crippen LogP contribution in [0.25, 0.3) is 0 Å². The van der Waals surface area contributed by atoms with E-state index in [1.807, 2.05) is 6.92 Å². The van der Waals surface area contributed by atoms with E-state index in [1.54, 1.807) is 4.90 Å². The maximum absolute atomic E-state index is 13.8. The highest BCUT2D eigenvalue weighted by molar-refractivity contribution is 5.95. The third-order valence-electron chi connectivity index (χ3n) is 9.80. The van der Waals surface area contributed by atoms with E-state index in [4.69, 9.17) is 9.47 Å². The van der Waals surface area contributed by atoms with Crippen LogP contribution in [0.15, 0.2) is 36.4 Å². The van der Waals surface area contributed by atoms with Gasteiger partial charge in [-0.15, -0.1) is 0 Å². The summed E-state index contributed by atoms with van der Waals surface area (Å²) in [5, 5.41) is 25.1. The van der Waals surface area contributed by atoms with E-state index in [-0.39, 0.29) is 46.6 Å². The second-order valence-electron chi connectivity index (χ2n) is 12.5. The van der Waals surface area contributed by atoms with Crippen molar-refractivity contribution in [2.24, 2.45) is 11.3 Å². The van der Waals surface area contributed by atoms with Crippen molar-refractivity contribution in [3.8, 4) is 0 Å². The fourth-order valence-electron chi connectivity index (χ4n) is 7.23. The molecule has 2 unspecified atom stereocenters. The zero-order valence-electron chi connectivity index (χ0n) is 25.6. The predicted molar refractivity (Wildman–Crippen MR) is 161 cm³/mol. The summed E-state index contributed by atoms with van der Waals surface area (Å²) in [6.07, 6.45) is 5.83. The van der Waals surface area contributed by atoms with Crippen LogP contribution in [0.4, 0.5) is 20.2 Å². The first-order valence-corrected chi connectivity index (χ1v) is 15.7. The van der Waals surface area contributed by atoms with Gasteiger partial charge in [-0.25, -0.2) is 0 Å². The maximum atomic E-state index is 13.8. The van der Waals surface area contributed by atoms with Crippen LogP contribution in [-0.2, 0) is 9.47 Å². The molecule has 12 nitrogen and oxygen atoms in total. The van der Waals surface area contributed by atoms with Crippen molar-refractivity contribution < 1.29 is 37.7 Å². The maximum Gasteiger partial charge on any atom is 0.305 e. The molecule has 3 fully saturated rings. The van der Waals surface area contributed by atoms with E-state index in [1.165, 1.54) is 12.1 Å². The number of piperidine rings is 1. The Morgan fingerprint density at radius 2 is 1.57 bits per heavy atom. The van der Waals surface area contributed by atoms with Crippen molar-refractivity contribution in [3.63, 3.8) is 0 Å². The molecule has 0 radical (unpaired) electrons. The van der Waals surface area contributed by atoms with Gasteiger partial charge < -0.3 is 19.7 Å². The van der Waals surface area contributed by atoms with Gasteiger partial charge in [0.25, 0.3) is 11.8 Å². The number of likely N-dealkylation sites (tertiary alicyclic amines) is 1. The van der Waals surface area contributed by atoms with Crippen LogP contribution in [0.1, 0.15) is 79.0 Å². The molecule has 2 aliphatic heterocycles. The number of carbonyl (C=O) groups excluding carboxylic acids is 2. The number of rotatable bonds is 9. The van der Waals surface area contributed by atoms with Crippen LogP contribution >= 0.6 is 0 Å². The van der Waals surface area contributed by atoms with E-state index in [2.05, 4.69) is 5.32 Å². The van der Waals surface area contributed by atoms with E-state index >= 15 is 0 Å². The van der Waals surface area contributed by atoms with E-state index in [0.717, 1.165) is 62.8 Å². The van der Waals surface area contributed by atoms with Gasteiger partial charge in [0.2, 0.25) is 11.6 Å². The Balaban J connectivity index is 1.16. The normalized spacial score (nSPS) is 23.5. The van der Waals surface area contributed by atoms with E-state index in [9.17, 15) is 38.6 Å². The Labute approximate surface area is 264 Å². The largest absolute Gasteiger partial charge is 0.376 e. The Morgan fingerprint density at radius 3 is 2.15 bits per heavy atom. The summed E-state index contributed by atoms with van der Waals surface area (Å²) in [4.78, 5) is 48.1. The van der Waals surface area contributed by atoms with Crippen molar-refractivity contribution in [2.75, 3.05) is 26.3 Å². The summed E-state index contributed by atoms with van der Waals surface area (Å²) in [5.74, 6) is -2.60. The lowest BCUT2D eigenvalue weighted by atomic mass is 9.68. The van der Waals surface area contributed by atoms with Gasteiger partial charge >= 0.3 is 11.4 Å². The number of hydrogen-bond donors (Lipinski definition) is 1. The summed E-state index contributed by atoms with van der Waals surface area (Å²) >= 11 is 0. The lowest BCUT2D eigenvalue weighted by Crippen LogP contribution is -2.51. The van der Waals surface area contributed by atoms with E-state index < -0.39 is 38.8 Å². The van der Waals surface area contributed by atoms with Crippen molar-refractivity contribution in [1.82, 2.24) is 10.2 Å². The topological polar surface area (TPSA) is 154 Å². The molecule has 14 heteroatoms. The predicted octanol–water partition coefficient (Wildman–Crippen LogP) is 5.58. The molecule has 1 saturated carbocycles. The molecule has 2 atom stereocenters. The average molecular weight is 645 g/mol. The highest BCUT2D eigenvalue weighted by Gasteiger charge is 2.45. The van der Waals surface area contributed by atoms with Crippen LogP contribution in [0.3, 0.4) is 0 Å². The van der Waals surface area contributed by atoms with Gasteiger partial charge in [0.1, 0.15) is 0 Å². The fraction of sp³-hybridized carbons (Fsp3) is 0.562. The number of nitro benzene ring substituents is 2. The number of carbonyl (C=O) groups is 2. The highest BCUT2D eigenvalue weighted by atomic mass is 19.1. The minimum atomic E-state index is -0.993. The van der Waals surface area contributed by atoms with Crippen molar-refractivity contribution in [3.05, 3.63) is 79.4 Å². The Bertz CT molecular complexity index is 1470. The zero-order valence-corrected chi connectivity index (χ0v) is 25.6. The number of ether oxygens (including phenoxy) is 2. The molecular formula is C32H38F2N4O8. The summed E-state index contributed by atoms with van der Waals surface area (Å²) in [7, 11) is 0. The Hall–Kier alpha value is -4.04. The SMILES string of the molecule is CCOC(C1CCC(NC(=O)c2ccc(F)c([N+](=O)[O-])c2)CC1)C1CC2(CCO1)CCN(C(=O)c1ccc(F)c([N+](=O)[O-])c1)CC2. The first-order chi connectivity index (χ1) is 22.0. The van der Waals surface area contributed by atoms with Gasteiger partial charge in [0.15, 0.2) is 0 Å². The molecule has 0 aromatic heterocycles. The summed E-state index contributed by atoms with van der Waals surface area (Å²) in [5.41, 5.74) is -1.36.